The zero-order valence-corrected chi connectivity index (χ0v) is 8.85. The van der Waals surface area contributed by atoms with Crippen LogP contribution in [0, 0.1) is 0 Å². The molecule has 3 heteroatoms. The summed E-state index contributed by atoms with van der Waals surface area (Å²) in [7, 11) is 2.02. The summed E-state index contributed by atoms with van der Waals surface area (Å²) in [6, 6.07) is 8.19. The average molecular weight is 204 g/mol. The molecular weight excluding hydrogens is 188 g/mol. The molecule has 0 aliphatic rings. The van der Waals surface area contributed by atoms with Crippen molar-refractivity contribution in [3.63, 3.8) is 0 Å². The zero-order chi connectivity index (χ0) is 10.8. The summed E-state index contributed by atoms with van der Waals surface area (Å²) in [4.78, 5) is 0. The van der Waals surface area contributed by atoms with Crippen LogP contribution in [0.3, 0.4) is 0 Å². The van der Waals surface area contributed by atoms with Gasteiger partial charge in [0.2, 0.25) is 0 Å². The van der Waals surface area contributed by atoms with E-state index >= 15 is 0 Å². The summed E-state index contributed by atoms with van der Waals surface area (Å²) in [6.07, 6.45) is 2.03. The molecule has 1 unspecified atom stereocenters. The quantitative estimate of drug-likeness (QED) is 0.789. The van der Waals surface area contributed by atoms with E-state index in [9.17, 15) is 5.11 Å². The minimum atomic E-state index is 0.0381. The minimum absolute atomic E-state index is 0.0381. The van der Waals surface area contributed by atoms with Gasteiger partial charge < -0.3 is 15.4 Å². The lowest BCUT2D eigenvalue weighted by Crippen LogP contribution is -2.16. The van der Waals surface area contributed by atoms with Crippen LogP contribution in [0.15, 0.2) is 30.5 Å². The highest BCUT2D eigenvalue weighted by Crippen LogP contribution is 2.25. The standard InChI is InChI=1S/C12H16N2O/c1-14-6-5-11-10(9(7-13)8-15)3-2-4-12(11)14/h2-6,9,15H,7-8,13H2,1H3. The maximum Gasteiger partial charge on any atom is 0.0512 e. The third kappa shape index (κ3) is 1.64. The molecule has 0 aliphatic heterocycles. The molecule has 1 aromatic carbocycles. The van der Waals surface area contributed by atoms with Crippen molar-refractivity contribution in [1.29, 1.82) is 0 Å². The van der Waals surface area contributed by atoms with Crippen LogP contribution in [0.4, 0.5) is 0 Å². The first kappa shape index (κ1) is 10.2. The molecule has 3 nitrogen and oxygen atoms in total. The van der Waals surface area contributed by atoms with Crippen molar-refractivity contribution in [2.45, 2.75) is 5.92 Å². The van der Waals surface area contributed by atoms with Crippen molar-refractivity contribution < 1.29 is 5.11 Å². The lowest BCUT2D eigenvalue weighted by atomic mass is 9.97. The highest BCUT2D eigenvalue weighted by molar-refractivity contribution is 5.84. The molecular formula is C12H16N2O. The van der Waals surface area contributed by atoms with E-state index in [0.29, 0.717) is 6.54 Å². The third-order valence-corrected chi connectivity index (χ3v) is 2.91. The van der Waals surface area contributed by atoms with Gasteiger partial charge in [-0.1, -0.05) is 12.1 Å². The molecule has 0 saturated heterocycles. The Morgan fingerprint density at radius 2 is 2.20 bits per heavy atom. The first-order valence-corrected chi connectivity index (χ1v) is 5.12. The van der Waals surface area contributed by atoms with Crippen LogP contribution in [0.2, 0.25) is 0 Å². The number of hydrogen-bond acceptors (Lipinski definition) is 2. The Labute approximate surface area is 89.1 Å². The van der Waals surface area contributed by atoms with Gasteiger partial charge in [-0.25, -0.2) is 0 Å². The van der Waals surface area contributed by atoms with E-state index in [1.807, 2.05) is 25.4 Å². The fourth-order valence-electron chi connectivity index (χ4n) is 1.98. The molecule has 15 heavy (non-hydrogen) atoms. The first-order valence-electron chi connectivity index (χ1n) is 5.12. The van der Waals surface area contributed by atoms with Crippen molar-refractivity contribution >= 4 is 10.9 Å². The van der Waals surface area contributed by atoms with Gasteiger partial charge in [-0.3, -0.25) is 0 Å². The summed E-state index contributed by atoms with van der Waals surface area (Å²) in [5.41, 5.74) is 7.96. The van der Waals surface area contributed by atoms with E-state index in [-0.39, 0.29) is 12.5 Å². The molecule has 1 aromatic heterocycles. The van der Waals surface area contributed by atoms with Crippen molar-refractivity contribution in [2.24, 2.45) is 12.8 Å². The second-order valence-corrected chi connectivity index (χ2v) is 3.82. The van der Waals surface area contributed by atoms with Gasteiger partial charge in [-0.2, -0.15) is 0 Å². The molecule has 1 atom stereocenters. The molecule has 0 spiro atoms. The Hall–Kier alpha value is -1.32. The predicted molar refractivity (Wildman–Crippen MR) is 61.8 cm³/mol. The number of aryl methyl sites for hydroxylation is 1. The van der Waals surface area contributed by atoms with Crippen molar-refractivity contribution in [3.05, 3.63) is 36.0 Å². The van der Waals surface area contributed by atoms with Gasteiger partial charge in [0, 0.05) is 36.6 Å². The van der Waals surface area contributed by atoms with Crippen LogP contribution in [-0.2, 0) is 7.05 Å². The van der Waals surface area contributed by atoms with Gasteiger partial charge in [-0.15, -0.1) is 0 Å². The lowest BCUT2D eigenvalue weighted by molar-refractivity contribution is 0.268. The van der Waals surface area contributed by atoms with E-state index in [1.165, 1.54) is 10.9 Å². The number of hydrogen-bond donors (Lipinski definition) is 2. The van der Waals surface area contributed by atoms with E-state index < -0.39 is 0 Å². The Bertz CT molecular complexity index is 458. The number of nitrogens with zero attached hydrogens (tertiary/aromatic N) is 1. The van der Waals surface area contributed by atoms with E-state index in [0.717, 1.165) is 5.56 Å². The predicted octanol–water partition coefficient (Wildman–Crippen LogP) is 1.21. The average Bonchev–Trinajstić information content (AvgIpc) is 2.64. The number of benzene rings is 1. The summed E-state index contributed by atoms with van der Waals surface area (Å²) >= 11 is 0. The number of nitrogens with two attached hydrogens (primary N) is 1. The summed E-state index contributed by atoms with van der Waals surface area (Å²) in [5.74, 6) is 0.0381. The van der Waals surface area contributed by atoms with E-state index in [1.54, 1.807) is 0 Å². The maximum absolute atomic E-state index is 9.26. The number of aliphatic hydroxyl groups is 1. The molecule has 0 fully saturated rings. The van der Waals surface area contributed by atoms with Crippen LogP contribution in [0.1, 0.15) is 11.5 Å². The Balaban J connectivity index is 2.60. The van der Waals surface area contributed by atoms with Crippen LogP contribution >= 0.6 is 0 Å². The van der Waals surface area contributed by atoms with Gasteiger partial charge >= 0.3 is 0 Å². The van der Waals surface area contributed by atoms with Crippen LogP contribution < -0.4 is 5.73 Å². The topological polar surface area (TPSA) is 51.2 Å². The molecule has 0 saturated carbocycles. The van der Waals surface area contributed by atoms with Crippen molar-refractivity contribution in [3.8, 4) is 0 Å². The molecule has 0 aliphatic carbocycles. The van der Waals surface area contributed by atoms with Gasteiger partial charge in [0.25, 0.3) is 0 Å². The van der Waals surface area contributed by atoms with Gasteiger partial charge in [-0.05, 0) is 17.7 Å². The fraction of sp³-hybridized carbons (Fsp3) is 0.333. The van der Waals surface area contributed by atoms with E-state index in [4.69, 9.17) is 5.73 Å². The molecule has 0 radical (unpaired) electrons. The molecule has 0 amide bonds. The van der Waals surface area contributed by atoms with E-state index in [2.05, 4.69) is 16.7 Å². The summed E-state index contributed by atoms with van der Waals surface area (Å²) in [6.45, 7) is 0.578. The molecule has 0 bridgehead atoms. The van der Waals surface area contributed by atoms with Gasteiger partial charge in [0.1, 0.15) is 0 Å². The van der Waals surface area contributed by atoms with Crippen molar-refractivity contribution in [1.82, 2.24) is 4.57 Å². The Kier molecular flexibility index (Phi) is 2.75. The van der Waals surface area contributed by atoms with Gasteiger partial charge in [0.15, 0.2) is 0 Å². The second kappa shape index (κ2) is 4.04. The number of rotatable bonds is 3. The summed E-state index contributed by atoms with van der Waals surface area (Å²) in [5, 5.41) is 10.4. The fourth-order valence-corrected chi connectivity index (χ4v) is 1.98. The smallest absolute Gasteiger partial charge is 0.0512 e. The maximum atomic E-state index is 9.26. The molecule has 3 N–H and O–H groups in total. The highest BCUT2D eigenvalue weighted by atomic mass is 16.3. The Morgan fingerprint density at radius 1 is 1.40 bits per heavy atom. The monoisotopic (exact) mass is 204 g/mol. The van der Waals surface area contributed by atoms with Crippen LogP contribution in [0.25, 0.3) is 10.9 Å². The SMILES string of the molecule is Cn1ccc2c(C(CN)CO)cccc21. The largest absolute Gasteiger partial charge is 0.396 e. The molecule has 80 valence electrons. The van der Waals surface area contributed by atoms with Gasteiger partial charge in [0.05, 0.1) is 6.61 Å². The lowest BCUT2D eigenvalue weighted by Gasteiger charge is -2.13. The van der Waals surface area contributed by atoms with Crippen LogP contribution in [-0.4, -0.2) is 22.8 Å². The molecule has 1 heterocycles. The second-order valence-electron chi connectivity index (χ2n) is 3.82. The van der Waals surface area contributed by atoms with Crippen molar-refractivity contribution in [2.75, 3.05) is 13.2 Å². The first-order chi connectivity index (χ1) is 7.27. The highest BCUT2D eigenvalue weighted by Gasteiger charge is 2.12. The normalized spacial score (nSPS) is 13.3. The third-order valence-electron chi connectivity index (χ3n) is 2.91. The minimum Gasteiger partial charge on any atom is -0.396 e. The molecule has 2 rings (SSSR count). The number of aromatic nitrogens is 1. The molecule has 2 aromatic rings. The number of fused-ring (bicyclic) bond motifs is 1. The summed E-state index contributed by atoms with van der Waals surface area (Å²) < 4.78 is 2.07. The van der Waals surface area contributed by atoms with Crippen LogP contribution in [0.5, 0.6) is 0 Å². The zero-order valence-electron chi connectivity index (χ0n) is 8.85. The Morgan fingerprint density at radius 3 is 2.87 bits per heavy atom. The number of aliphatic hydroxyl groups excluding tert-OH is 1.